The van der Waals surface area contributed by atoms with E-state index in [1.165, 1.54) is 0 Å². The highest BCUT2D eigenvalue weighted by molar-refractivity contribution is 6.32. The van der Waals surface area contributed by atoms with Gasteiger partial charge in [-0.2, -0.15) is 0 Å². The van der Waals surface area contributed by atoms with Crippen LogP contribution in [0.4, 0.5) is 0 Å². The van der Waals surface area contributed by atoms with Crippen molar-refractivity contribution in [1.82, 2.24) is 0 Å². The second kappa shape index (κ2) is 4.46. The largest absolute Gasteiger partial charge is 0.492 e. The lowest BCUT2D eigenvalue weighted by Gasteiger charge is -2.24. The van der Waals surface area contributed by atoms with E-state index in [0.717, 1.165) is 11.1 Å². The van der Waals surface area contributed by atoms with Crippen LogP contribution in [-0.2, 0) is 9.47 Å². The zero-order valence-electron chi connectivity index (χ0n) is 9.19. The van der Waals surface area contributed by atoms with Crippen molar-refractivity contribution in [3.05, 3.63) is 28.3 Å². The lowest BCUT2D eigenvalue weighted by Crippen LogP contribution is -2.15. The maximum Gasteiger partial charge on any atom is 0.184 e. The van der Waals surface area contributed by atoms with Gasteiger partial charge in [-0.3, -0.25) is 0 Å². The standard InChI is InChI=1S/C12H13ClO4/c13-9-6-7(12-16-3-4-17-12)5-8-10(14)1-2-15-11(8)9/h5-6,10,12,14H,1-4H2. The number of halogens is 1. The normalized spacial score (nSPS) is 24.5. The Morgan fingerprint density at radius 2 is 1.94 bits per heavy atom. The molecular weight excluding hydrogens is 244 g/mol. The fourth-order valence-corrected chi connectivity index (χ4v) is 2.44. The molecule has 1 unspecified atom stereocenters. The van der Waals surface area contributed by atoms with Crippen molar-refractivity contribution in [1.29, 1.82) is 0 Å². The van der Waals surface area contributed by atoms with Gasteiger partial charge in [0.1, 0.15) is 5.75 Å². The molecule has 0 aromatic heterocycles. The van der Waals surface area contributed by atoms with Crippen molar-refractivity contribution in [2.75, 3.05) is 19.8 Å². The summed E-state index contributed by atoms with van der Waals surface area (Å²) in [6.45, 7) is 1.65. The molecule has 2 aliphatic rings. The van der Waals surface area contributed by atoms with Crippen molar-refractivity contribution >= 4 is 11.6 Å². The van der Waals surface area contributed by atoms with Gasteiger partial charge in [0, 0.05) is 17.5 Å². The van der Waals surface area contributed by atoms with E-state index >= 15 is 0 Å². The van der Waals surface area contributed by atoms with E-state index in [0.29, 0.717) is 37.0 Å². The van der Waals surface area contributed by atoms with E-state index in [9.17, 15) is 5.11 Å². The third-order valence-electron chi connectivity index (χ3n) is 2.99. The molecule has 0 bridgehead atoms. The van der Waals surface area contributed by atoms with Gasteiger partial charge in [0.05, 0.1) is 30.9 Å². The van der Waals surface area contributed by atoms with Crippen molar-refractivity contribution in [2.45, 2.75) is 18.8 Å². The average Bonchev–Trinajstić information content (AvgIpc) is 2.84. The highest BCUT2D eigenvalue weighted by Gasteiger charge is 2.26. The topological polar surface area (TPSA) is 47.9 Å². The summed E-state index contributed by atoms with van der Waals surface area (Å²) in [5.41, 5.74) is 1.55. The molecule has 1 atom stereocenters. The first-order valence-corrected chi connectivity index (χ1v) is 6.01. The maximum absolute atomic E-state index is 9.93. The molecule has 2 aliphatic heterocycles. The number of hydrogen-bond donors (Lipinski definition) is 1. The van der Waals surface area contributed by atoms with E-state index < -0.39 is 6.10 Å². The van der Waals surface area contributed by atoms with E-state index in [-0.39, 0.29) is 6.29 Å². The maximum atomic E-state index is 9.93. The van der Waals surface area contributed by atoms with Gasteiger partial charge in [0.2, 0.25) is 0 Å². The summed E-state index contributed by atoms with van der Waals surface area (Å²) >= 11 is 6.14. The van der Waals surface area contributed by atoms with Gasteiger partial charge in [-0.05, 0) is 12.1 Å². The molecule has 1 fully saturated rings. The van der Waals surface area contributed by atoms with Crippen LogP contribution in [0.1, 0.15) is 29.9 Å². The molecule has 0 spiro atoms. The third-order valence-corrected chi connectivity index (χ3v) is 3.27. The molecule has 0 saturated carbocycles. The van der Waals surface area contributed by atoms with Crippen LogP contribution in [0.5, 0.6) is 5.75 Å². The highest BCUT2D eigenvalue weighted by atomic mass is 35.5. The van der Waals surface area contributed by atoms with Gasteiger partial charge < -0.3 is 19.3 Å². The molecule has 5 heteroatoms. The Bertz CT molecular complexity index is 429. The Morgan fingerprint density at radius 3 is 2.71 bits per heavy atom. The van der Waals surface area contributed by atoms with E-state index in [1.807, 2.05) is 6.07 Å². The molecule has 17 heavy (non-hydrogen) atoms. The number of hydrogen-bond acceptors (Lipinski definition) is 4. The molecule has 0 amide bonds. The summed E-state index contributed by atoms with van der Waals surface area (Å²) in [6.07, 6.45) is -0.330. The van der Waals surface area contributed by atoms with Crippen molar-refractivity contribution in [2.24, 2.45) is 0 Å². The summed E-state index contributed by atoms with van der Waals surface area (Å²) in [6, 6.07) is 3.62. The molecule has 4 nitrogen and oxygen atoms in total. The lowest BCUT2D eigenvalue weighted by molar-refractivity contribution is -0.0443. The molecule has 0 aliphatic carbocycles. The van der Waals surface area contributed by atoms with Crippen LogP contribution < -0.4 is 4.74 Å². The summed E-state index contributed by atoms with van der Waals surface area (Å²) in [7, 11) is 0. The SMILES string of the molecule is OC1CCOc2c(Cl)cc(C3OCCO3)cc21. The van der Waals surface area contributed by atoms with Gasteiger partial charge in [-0.25, -0.2) is 0 Å². The van der Waals surface area contributed by atoms with Gasteiger partial charge in [0.15, 0.2) is 6.29 Å². The summed E-state index contributed by atoms with van der Waals surface area (Å²) in [5.74, 6) is 0.576. The number of rotatable bonds is 1. The first-order chi connectivity index (χ1) is 8.25. The predicted octanol–water partition coefficient (Wildman–Crippen LogP) is 2.20. The second-order valence-corrected chi connectivity index (χ2v) is 4.55. The molecule has 3 rings (SSSR count). The van der Waals surface area contributed by atoms with Crippen LogP contribution >= 0.6 is 11.6 Å². The van der Waals surface area contributed by atoms with Crippen LogP contribution in [0.3, 0.4) is 0 Å². The molecule has 2 heterocycles. The molecule has 92 valence electrons. The number of fused-ring (bicyclic) bond motifs is 1. The number of ether oxygens (including phenoxy) is 3. The molecule has 0 radical (unpaired) electrons. The number of aliphatic hydroxyl groups is 1. The zero-order valence-corrected chi connectivity index (χ0v) is 9.94. The van der Waals surface area contributed by atoms with Crippen LogP contribution in [0.25, 0.3) is 0 Å². The second-order valence-electron chi connectivity index (χ2n) is 4.15. The van der Waals surface area contributed by atoms with Crippen molar-refractivity contribution in [3.63, 3.8) is 0 Å². The van der Waals surface area contributed by atoms with Gasteiger partial charge in [-0.1, -0.05) is 11.6 Å². The Morgan fingerprint density at radius 1 is 1.18 bits per heavy atom. The van der Waals surface area contributed by atoms with E-state index in [1.54, 1.807) is 6.07 Å². The van der Waals surface area contributed by atoms with E-state index in [2.05, 4.69) is 0 Å². The van der Waals surface area contributed by atoms with Gasteiger partial charge >= 0.3 is 0 Å². The smallest absolute Gasteiger partial charge is 0.184 e. The molecule has 1 saturated heterocycles. The van der Waals surface area contributed by atoms with Crippen LogP contribution in [0.15, 0.2) is 12.1 Å². The Balaban J connectivity index is 2.01. The molecule has 1 N–H and O–H groups in total. The van der Waals surface area contributed by atoms with Gasteiger partial charge in [-0.15, -0.1) is 0 Å². The van der Waals surface area contributed by atoms with Crippen LogP contribution in [-0.4, -0.2) is 24.9 Å². The van der Waals surface area contributed by atoms with E-state index in [4.69, 9.17) is 25.8 Å². The quantitative estimate of drug-likeness (QED) is 0.837. The highest BCUT2D eigenvalue weighted by Crippen LogP contribution is 2.40. The van der Waals surface area contributed by atoms with Crippen molar-refractivity contribution in [3.8, 4) is 5.75 Å². The fourth-order valence-electron chi connectivity index (χ4n) is 2.15. The Kier molecular flexibility index (Phi) is 2.96. The molecule has 1 aromatic carbocycles. The first kappa shape index (κ1) is 11.3. The average molecular weight is 257 g/mol. The summed E-state index contributed by atoms with van der Waals surface area (Å²) in [4.78, 5) is 0. The minimum atomic E-state index is -0.530. The molecule has 1 aromatic rings. The number of benzene rings is 1. The van der Waals surface area contributed by atoms with Gasteiger partial charge in [0.25, 0.3) is 0 Å². The zero-order chi connectivity index (χ0) is 11.8. The lowest BCUT2D eigenvalue weighted by atomic mass is 10.0. The Hall–Kier alpha value is -0.810. The summed E-state index contributed by atoms with van der Waals surface area (Å²) < 4.78 is 16.3. The third kappa shape index (κ3) is 2.02. The minimum Gasteiger partial charge on any atom is -0.492 e. The monoisotopic (exact) mass is 256 g/mol. The predicted molar refractivity (Wildman–Crippen MR) is 61.2 cm³/mol. The van der Waals surface area contributed by atoms with Crippen LogP contribution in [0.2, 0.25) is 5.02 Å². The molecular formula is C12H13ClO4. The minimum absolute atomic E-state index is 0.382. The summed E-state index contributed by atoms with van der Waals surface area (Å²) in [5, 5.41) is 10.4. The fraction of sp³-hybridized carbons (Fsp3) is 0.500. The first-order valence-electron chi connectivity index (χ1n) is 5.63. The number of aliphatic hydroxyl groups excluding tert-OH is 1. The Labute approximate surface area is 104 Å². The van der Waals surface area contributed by atoms with Crippen molar-refractivity contribution < 1.29 is 19.3 Å². The van der Waals surface area contributed by atoms with Crippen LogP contribution in [0, 0.1) is 0 Å².